The molecule has 9 nitrogen and oxygen atoms in total. The molecule has 3 N–H and O–H groups in total. The van der Waals surface area contributed by atoms with Gasteiger partial charge >= 0.3 is 12.1 Å². The zero-order chi connectivity index (χ0) is 17.7. The van der Waals surface area contributed by atoms with Crippen LogP contribution < -0.4 is 10.6 Å². The smallest absolute Gasteiger partial charge is 0.410 e. The largest absolute Gasteiger partial charge is 0.480 e. The van der Waals surface area contributed by atoms with Gasteiger partial charge in [-0.2, -0.15) is 0 Å². The second-order valence-electron chi connectivity index (χ2n) is 5.21. The molecular formula is C15H17N3O6. The van der Waals surface area contributed by atoms with Crippen molar-refractivity contribution in [2.75, 3.05) is 18.5 Å². The topological polar surface area (TPSA) is 125 Å². The standard InChI is InChI=1S/C15H17N3O6/c1-9(19)17-11-4-2-10(3-5-11)7-18-12(8-24-15(18)23)14(22)16-6-13(20)21/h2-5,12H,6-8H2,1H3,(H,16,22)(H,17,19)(H,20,21)/t12-/m0/s1. The second-order valence-corrected chi connectivity index (χ2v) is 5.21. The van der Waals surface area contributed by atoms with E-state index in [2.05, 4.69) is 10.6 Å². The number of carbonyl (C=O) groups is 4. The van der Waals surface area contributed by atoms with Crippen LogP contribution in [0, 0.1) is 0 Å². The van der Waals surface area contributed by atoms with E-state index >= 15 is 0 Å². The Morgan fingerprint density at radius 1 is 1.29 bits per heavy atom. The lowest BCUT2D eigenvalue weighted by molar-refractivity contribution is -0.138. The third-order valence-electron chi connectivity index (χ3n) is 3.32. The summed E-state index contributed by atoms with van der Waals surface area (Å²) >= 11 is 0. The van der Waals surface area contributed by atoms with Gasteiger partial charge < -0.3 is 20.5 Å². The summed E-state index contributed by atoms with van der Waals surface area (Å²) < 4.78 is 4.88. The van der Waals surface area contributed by atoms with E-state index in [1.54, 1.807) is 24.3 Å². The molecule has 0 spiro atoms. The lowest BCUT2D eigenvalue weighted by Gasteiger charge is -2.20. The number of amides is 3. The maximum Gasteiger partial charge on any atom is 0.410 e. The zero-order valence-corrected chi connectivity index (χ0v) is 12.9. The molecule has 1 saturated heterocycles. The first-order valence-corrected chi connectivity index (χ1v) is 7.16. The number of nitrogens with one attached hydrogen (secondary N) is 2. The van der Waals surface area contributed by atoms with Gasteiger partial charge in [-0.1, -0.05) is 12.1 Å². The predicted molar refractivity (Wildman–Crippen MR) is 82.1 cm³/mol. The van der Waals surface area contributed by atoms with Crippen molar-refractivity contribution in [1.82, 2.24) is 10.2 Å². The van der Waals surface area contributed by atoms with E-state index in [9.17, 15) is 19.2 Å². The van der Waals surface area contributed by atoms with Gasteiger partial charge in [-0.25, -0.2) is 4.79 Å². The SMILES string of the molecule is CC(=O)Nc1ccc(CN2C(=O)OC[C@H]2C(=O)NCC(=O)O)cc1. The fourth-order valence-corrected chi connectivity index (χ4v) is 2.22. The molecule has 1 aliphatic heterocycles. The van der Waals surface area contributed by atoms with Gasteiger partial charge in [0.1, 0.15) is 19.2 Å². The van der Waals surface area contributed by atoms with Crippen LogP contribution in [0.4, 0.5) is 10.5 Å². The minimum atomic E-state index is -1.17. The molecular weight excluding hydrogens is 318 g/mol. The molecule has 0 bridgehead atoms. The third kappa shape index (κ3) is 4.45. The van der Waals surface area contributed by atoms with Crippen molar-refractivity contribution in [2.45, 2.75) is 19.5 Å². The summed E-state index contributed by atoms with van der Waals surface area (Å²) in [6, 6.07) is 5.90. The summed E-state index contributed by atoms with van der Waals surface area (Å²) in [6.45, 7) is 0.871. The molecule has 1 fully saturated rings. The highest BCUT2D eigenvalue weighted by molar-refractivity contribution is 5.90. The first-order valence-electron chi connectivity index (χ1n) is 7.16. The van der Waals surface area contributed by atoms with Crippen molar-refractivity contribution in [1.29, 1.82) is 0 Å². The number of carboxylic acid groups (broad SMARTS) is 1. The molecule has 1 aromatic rings. The van der Waals surface area contributed by atoms with Gasteiger partial charge in [0.05, 0.1) is 6.54 Å². The Hall–Kier alpha value is -3.10. The van der Waals surface area contributed by atoms with Crippen molar-refractivity contribution < 1.29 is 29.0 Å². The van der Waals surface area contributed by atoms with E-state index in [1.807, 2.05) is 0 Å². The normalized spacial score (nSPS) is 16.5. The molecule has 1 aliphatic rings. The number of ether oxygens (including phenoxy) is 1. The van der Waals surface area contributed by atoms with Crippen molar-refractivity contribution in [2.24, 2.45) is 0 Å². The van der Waals surface area contributed by atoms with E-state index in [-0.39, 0.29) is 19.1 Å². The molecule has 0 aliphatic carbocycles. The van der Waals surface area contributed by atoms with Crippen LogP contribution in [-0.4, -0.2) is 53.1 Å². The maximum absolute atomic E-state index is 12.0. The maximum atomic E-state index is 12.0. The number of anilines is 1. The number of hydrogen-bond donors (Lipinski definition) is 3. The molecule has 0 saturated carbocycles. The predicted octanol–water partition coefficient (Wildman–Crippen LogP) is 0.167. The number of carboxylic acids is 1. The van der Waals surface area contributed by atoms with E-state index in [0.717, 1.165) is 5.56 Å². The number of aliphatic carboxylic acids is 1. The van der Waals surface area contributed by atoms with E-state index in [1.165, 1.54) is 11.8 Å². The van der Waals surface area contributed by atoms with Crippen molar-refractivity contribution in [3.05, 3.63) is 29.8 Å². The van der Waals surface area contributed by atoms with Gasteiger partial charge in [-0.05, 0) is 17.7 Å². The molecule has 1 heterocycles. The summed E-state index contributed by atoms with van der Waals surface area (Å²) in [5.41, 5.74) is 1.35. The van der Waals surface area contributed by atoms with Gasteiger partial charge in [-0.15, -0.1) is 0 Å². The van der Waals surface area contributed by atoms with E-state index in [0.29, 0.717) is 5.69 Å². The Morgan fingerprint density at radius 2 is 1.96 bits per heavy atom. The Bertz CT molecular complexity index is 658. The highest BCUT2D eigenvalue weighted by atomic mass is 16.6. The van der Waals surface area contributed by atoms with Crippen LogP contribution in [0.25, 0.3) is 0 Å². The Labute approximate surface area is 137 Å². The summed E-state index contributed by atoms with van der Waals surface area (Å²) in [7, 11) is 0. The summed E-state index contributed by atoms with van der Waals surface area (Å²) in [4.78, 5) is 46.5. The fourth-order valence-electron chi connectivity index (χ4n) is 2.22. The minimum absolute atomic E-state index is 0.129. The molecule has 2 rings (SSSR count). The van der Waals surface area contributed by atoms with Gasteiger partial charge in [0, 0.05) is 12.6 Å². The molecule has 1 aromatic carbocycles. The monoisotopic (exact) mass is 335 g/mol. The lowest BCUT2D eigenvalue weighted by atomic mass is 10.1. The second kappa shape index (κ2) is 7.44. The average Bonchev–Trinajstić information content (AvgIpc) is 2.87. The molecule has 128 valence electrons. The zero-order valence-electron chi connectivity index (χ0n) is 12.9. The summed E-state index contributed by atoms with van der Waals surface area (Å²) in [5.74, 6) is -1.95. The Kier molecular flexibility index (Phi) is 5.35. The highest BCUT2D eigenvalue weighted by Gasteiger charge is 2.38. The third-order valence-corrected chi connectivity index (χ3v) is 3.32. The molecule has 3 amide bonds. The van der Waals surface area contributed by atoms with Gasteiger partial charge in [-0.3, -0.25) is 19.3 Å². The van der Waals surface area contributed by atoms with Crippen molar-refractivity contribution in [3.8, 4) is 0 Å². The molecule has 1 atom stereocenters. The summed E-state index contributed by atoms with van der Waals surface area (Å²) in [6.07, 6.45) is -0.642. The van der Waals surface area contributed by atoms with Crippen LogP contribution >= 0.6 is 0 Å². The number of nitrogens with zero attached hydrogens (tertiary/aromatic N) is 1. The lowest BCUT2D eigenvalue weighted by Crippen LogP contribution is -2.46. The molecule has 24 heavy (non-hydrogen) atoms. The molecule has 0 aromatic heterocycles. The molecule has 0 unspecified atom stereocenters. The average molecular weight is 335 g/mol. The van der Waals surface area contributed by atoms with Crippen LogP contribution in [0.5, 0.6) is 0 Å². The van der Waals surface area contributed by atoms with Gasteiger partial charge in [0.15, 0.2) is 0 Å². The highest BCUT2D eigenvalue weighted by Crippen LogP contribution is 2.18. The Balaban J connectivity index is 2.02. The van der Waals surface area contributed by atoms with E-state index in [4.69, 9.17) is 9.84 Å². The fraction of sp³-hybridized carbons (Fsp3) is 0.333. The minimum Gasteiger partial charge on any atom is -0.480 e. The van der Waals surface area contributed by atoms with E-state index < -0.39 is 30.6 Å². The Morgan fingerprint density at radius 3 is 2.54 bits per heavy atom. The van der Waals surface area contributed by atoms with Crippen molar-refractivity contribution in [3.63, 3.8) is 0 Å². The van der Waals surface area contributed by atoms with Gasteiger partial charge in [0.2, 0.25) is 11.8 Å². The van der Waals surface area contributed by atoms with Crippen LogP contribution in [0.3, 0.4) is 0 Å². The first-order chi connectivity index (χ1) is 11.4. The van der Waals surface area contributed by atoms with Crippen LogP contribution in [0.2, 0.25) is 0 Å². The number of cyclic esters (lactones) is 1. The number of hydrogen-bond acceptors (Lipinski definition) is 5. The van der Waals surface area contributed by atoms with Crippen LogP contribution in [0.15, 0.2) is 24.3 Å². The number of rotatable bonds is 6. The molecule has 9 heteroatoms. The quantitative estimate of drug-likeness (QED) is 0.680. The molecule has 0 radical (unpaired) electrons. The summed E-state index contributed by atoms with van der Waals surface area (Å²) in [5, 5.41) is 13.4. The van der Waals surface area contributed by atoms with Crippen LogP contribution in [0.1, 0.15) is 12.5 Å². The van der Waals surface area contributed by atoms with Crippen LogP contribution in [-0.2, 0) is 25.7 Å². The van der Waals surface area contributed by atoms with Crippen molar-refractivity contribution >= 4 is 29.6 Å². The number of benzene rings is 1. The van der Waals surface area contributed by atoms with Gasteiger partial charge in [0.25, 0.3) is 0 Å². The number of carbonyl (C=O) groups excluding carboxylic acids is 3. The first kappa shape index (κ1) is 17.3.